The van der Waals surface area contributed by atoms with Crippen molar-refractivity contribution in [2.24, 2.45) is 0 Å². The van der Waals surface area contributed by atoms with Crippen LogP contribution in [0.25, 0.3) is 6.08 Å². The van der Waals surface area contributed by atoms with Crippen LogP contribution in [0.4, 0.5) is 0 Å². The maximum Gasteiger partial charge on any atom is 0.331 e. The molecule has 0 saturated heterocycles. The molecule has 0 heterocycles. The zero-order chi connectivity index (χ0) is 15.2. The zero-order valence-electron chi connectivity index (χ0n) is 11.5. The summed E-state index contributed by atoms with van der Waals surface area (Å²) < 4.78 is 5.16. The third-order valence-electron chi connectivity index (χ3n) is 2.86. The van der Waals surface area contributed by atoms with Gasteiger partial charge in [0.05, 0.1) is 10.0 Å². The Morgan fingerprint density at radius 2 is 1.81 bits per heavy atom. The Bertz CT molecular complexity index is 661. The first-order valence-corrected chi connectivity index (χ1v) is 7.15. The fraction of sp³-hybridized carbons (Fsp3) is 0.118. The van der Waals surface area contributed by atoms with Crippen molar-refractivity contribution in [3.05, 3.63) is 75.3 Å². The van der Waals surface area contributed by atoms with Crippen molar-refractivity contribution < 1.29 is 9.53 Å². The third-order valence-corrected chi connectivity index (χ3v) is 3.60. The van der Waals surface area contributed by atoms with Gasteiger partial charge in [-0.05, 0) is 36.3 Å². The highest BCUT2D eigenvalue weighted by atomic mass is 35.5. The SMILES string of the molecule is Cc1ccc(COC(=O)C=Cc2ccc(Cl)c(Cl)c2)cc1. The number of halogens is 2. The number of rotatable bonds is 4. The molecular weight excluding hydrogens is 307 g/mol. The van der Waals surface area contributed by atoms with E-state index < -0.39 is 5.97 Å². The second-order valence-electron chi connectivity index (χ2n) is 4.60. The molecular formula is C17H14Cl2O2. The van der Waals surface area contributed by atoms with E-state index in [1.54, 1.807) is 24.3 Å². The van der Waals surface area contributed by atoms with Crippen LogP contribution < -0.4 is 0 Å². The summed E-state index contributed by atoms with van der Waals surface area (Å²) in [7, 11) is 0. The maximum atomic E-state index is 11.6. The minimum atomic E-state index is -0.401. The molecule has 0 aliphatic heterocycles. The number of carbonyl (C=O) groups is 1. The van der Waals surface area contributed by atoms with Crippen LogP contribution in [0.2, 0.25) is 10.0 Å². The number of ether oxygens (including phenoxy) is 1. The van der Waals surface area contributed by atoms with Gasteiger partial charge in [0.15, 0.2) is 0 Å². The van der Waals surface area contributed by atoms with Crippen molar-refractivity contribution in [3.8, 4) is 0 Å². The first-order valence-electron chi connectivity index (χ1n) is 6.40. The maximum absolute atomic E-state index is 11.6. The molecule has 0 fully saturated rings. The first-order chi connectivity index (χ1) is 10.0. The summed E-state index contributed by atoms with van der Waals surface area (Å²) in [4.78, 5) is 11.6. The van der Waals surface area contributed by atoms with Gasteiger partial charge in [-0.3, -0.25) is 0 Å². The Morgan fingerprint density at radius 3 is 2.48 bits per heavy atom. The van der Waals surface area contributed by atoms with Crippen molar-refractivity contribution in [3.63, 3.8) is 0 Å². The van der Waals surface area contributed by atoms with E-state index in [-0.39, 0.29) is 6.61 Å². The molecule has 0 bridgehead atoms. The average molecular weight is 321 g/mol. The van der Waals surface area contributed by atoms with Crippen molar-refractivity contribution in [1.82, 2.24) is 0 Å². The van der Waals surface area contributed by atoms with Gasteiger partial charge in [0.1, 0.15) is 6.61 Å². The lowest BCUT2D eigenvalue weighted by Gasteiger charge is -2.03. The monoisotopic (exact) mass is 320 g/mol. The fourth-order valence-corrected chi connectivity index (χ4v) is 1.97. The second-order valence-corrected chi connectivity index (χ2v) is 5.41. The topological polar surface area (TPSA) is 26.3 Å². The molecule has 108 valence electrons. The predicted octanol–water partition coefficient (Wildman–Crippen LogP) is 5.06. The molecule has 0 unspecified atom stereocenters. The van der Waals surface area contributed by atoms with Gasteiger partial charge >= 0.3 is 5.97 Å². The van der Waals surface area contributed by atoms with Crippen molar-refractivity contribution in [2.75, 3.05) is 0 Å². The zero-order valence-corrected chi connectivity index (χ0v) is 13.0. The normalized spacial score (nSPS) is 10.8. The molecule has 0 aromatic heterocycles. The van der Waals surface area contributed by atoms with Crippen LogP contribution >= 0.6 is 23.2 Å². The Morgan fingerprint density at radius 1 is 1.10 bits per heavy atom. The lowest BCUT2D eigenvalue weighted by Crippen LogP contribution is -2.00. The Balaban J connectivity index is 1.90. The van der Waals surface area contributed by atoms with E-state index in [0.29, 0.717) is 10.0 Å². The molecule has 0 N–H and O–H groups in total. The molecule has 0 aliphatic carbocycles. The van der Waals surface area contributed by atoms with E-state index in [9.17, 15) is 4.79 Å². The summed E-state index contributed by atoms with van der Waals surface area (Å²) in [6, 6.07) is 13.0. The summed E-state index contributed by atoms with van der Waals surface area (Å²) in [5.41, 5.74) is 2.91. The van der Waals surface area contributed by atoms with E-state index in [1.165, 1.54) is 11.6 Å². The van der Waals surface area contributed by atoms with Crippen LogP contribution in [0.1, 0.15) is 16.7 Å². The molecule has 0 saturated carbocycles. The van der Waals surface area contributed by atoms with Crippen molar-refractivity contribution in [1.29, 1.82) is 0 Å². The molecule has 2 nitrogen and oxygen atoms in total. The van der Waals surface area contributed by atoms with Gasteiger partial charge in [-0.15, -0.1) is 0 Å². The van der Waals surface area contributed by atoms with Gasteiger partial charge in [-0.2, -0.15) is 0 Å². The second kappa shape index (κ2) is 7.30. The lowest BCUT2D eigenvalue weighted by atomic mass is 10.2. The Labute approximate surface area is 134 Å². The minimum Gasteiger partial charge on any atom is -0.458 e. The number of aryl methyl sites for hydroxylation is 1. The summed E-state index contributed by atoms with van der Waals surface area (Å²) in [5.74, 6) is -0.401. The number of benzene rings is 2. The first kappa shape index (κ1) is 15.6. The van der Waals surface area contributed by atoms with E-state index in [4.69, 9.17) is 27.9 Å². The Hall–Kier alpha value is -1.77. The molecule has 2 rings (SSSR count). The largest absolute Gasteiger partial charge is 0.458 e. The number of esters is 1. The van der Waals surface area contributed by atoms with Gasteiger partial charge in [-0.25, -0.2) is 4.79 Å². The van der Waals surface area contributed by atoms with E-state index in [2.05, 4.69) is 0 Å². The summed E-state index contributed by atoms with van der Waals surface area (Å²) in [6.07, 6.45) is 3.01. The van der Waals surface area contributed by atoms with Crippen LogP contribution in [0, 0.1) is 6.92 Å². The molecule has 0 spiro atoms. The number of hydrogen-bond acceptors (Lipinski definition) is 2. The number of hydrogen-bond donors (Lipinski definition) is 0. The highest BCUT2D eigenvalue weighted by Gasteiger charge is 2.00. The predicted molar refractivity (Wildman–Crippen MR) is 86.5 cm³/mol. The molecule has 0 amide bonds. The van der Waals surface area contributed by atoms with Crippen LogP contribution in [0.5, 0.6) is 0 Å². The van der Waals surface area contributed by atoms with Crippen molar-refractivity contribution in [2.45, 2.75) is 13.5 Å². The highest BCUT2D eigenvalue weighted by molar-refractivity contribution is 6.42. The average Bonchev–Trinajstić information content (AvgIpc) is 2.48. The molecule has 0 aliphatic rings. The number of carbonyl (C=O) groups excluding carboxylic acids is 1. The van der Waals surface area contributed by atoms with Gasteiger partial charge in [0.25, 0.3) is 0 Å². The molecule has 0 atom stereocenters. The highest BCUT2D eigenvalue weighted by Crippen LogP contribution is 2.23. The van der Waals surface area contributed by atoms with Gasteiger partial charge in [-0.1, -0.05) is 59.1 Å². The van der Waals surface area contributed by atoms with Crippen molar-refractivity contribution >= 4 is 35.2 Å². The lowest BCUT2D eigenvalue weighted by molar-refractivity contribution is -0.138. The van der Waals surface area contributed by atoms with E-state index >= 15 is 0 Å². The molecule has 21 heavy (non-hydrogen) atoms. The van der Waals surface area contributed by atoms with Gasteiger partial charge < -0.3 is 4.74 Å². The summed E-state index contributed by atoms with van der Waals surface area (Å²) in [5, 5.41) is 0.933. The summed E-state index contributed by atoms with van der Waals surface area (Å²) in [6.45, 7) is 2.26. The molecule has 4 heteroatoms. The van der Waals surface area contributed by atoms with Crippen LogP contribution in [-0.4, -0.2) is 5.97 Å². The van der Waals surface area contributed by atoms with Crippen LogP contribution in [0.15, 0.2) is 48.5 Å². The van der Waals surface area contributed by atoms with Crippen LogP contribution in [-0.2, 0) is 16.1 Å². The summed E-state index contributed by atoms with van der Waals surface area (Å²) >= 11 is 11.7. The minimum absolute atomic E-state index is 0.255. The quantitative estimate of drug-likeness (QED) is 0.581. The standard InChI is InChI=1S/C17H14Cl2O2/c1-12-2-4-14(5-3-12)11-21-17(20)9-7-13-6-8-15(18)16(19)10-13/h2-10H,11H2,1H3. The van der Waals surface area contributed by atoms with E-state index in [1.807, 2.05) is 31.2 Å². The molecule has 2 aromatic carbocycles. The van der Waals surface area contributed by atoms with Crippen LogP contribution in [0.3, 0.4) is 0 Å². The van der Waals surface area contributed by atoms with Gasteiger partial charge in [0, 0.05) is 6.08 Å². The van der Waals surface area contributed by atoms with E-state index in [0.717, 1.165) is 11.1 Å². The fourth-order valence-electron chi connectivity index (χ4n) is 1.67. The Kier molecular flexibility index (Phi) is 5.43. The smallest absolute Gasteiger partial charge is 0.331 e. The van der Waals surface area contributed by atoms with Gasteiger partial charge in [0.2, 0.25) is 0 Å². The molecule has 2 aromatic rings. The third kappa shape index (κ3) is 4.92. The molecule has 0 radical (unpaired) electrons.